The van der Waals surface area contributed by atoms with Gasteiger partial charge in [0.15, 0.2) is 11.9 Å². The van der Waals surface area contributed by atoms with Gasteiger partial charge in [0.05, 0.1) is 4.92 Å². The first-order valence-electron chi connectivity index (χ1n) is 6.84. The third kappa shape index (κ3) is 4.94. The smallest absolute Gasteiger partial charge is 0.302 e. The van der Waals surface area contributed by atoms with Crippen molar-refractivity contribution in [1.82, 2.24) is 0 Å². The van der Waals surface area contributed by atoms with Crippen LogP contribution >= 0.6 is 19.4 Å². The Bertz CT molecular complexity index is 823. The summed E-state index contributed by atoms with van der Waals surface area (Å²) in [5.41, 5.74) is 0.154. The van der Waals surface area contributed by atoms with E-state index in [1.54, 1.807) is 0 Å². The number of halogens is 1. The Labute approximate surface area is 147 Å². The summed E-state index contributed by atoms with van der Waals surface area (Å²) in [6.45, 7) is 0. The van der Waals surface area contributed by atoms with E-state index in [1.807, 2.05) is 0 Å². The number of nitro groups is 1. The number of phosphoric ester groups is 1. The summed E-state index contributed by atoms with van der Waals surface area (Å²) in [5.74, 6) is -0.628. The zero-order chi connectivity index (χ0) is 18.6. The van der Waals surface area contributed by atoms with Gasteiger partial charge in [0.25, 0.3) is 5.69 Å². The molecule has 0 aliphatic heterocycles. The molecule has 2 aromatic rings. The van der Waals surface area contributed by atoms with E-state index in [4.69, 9.17) is 16.1 Å². The van der Waals surface area contributed by atoms with Gasteiger partial charge in [0.2, 0.25) is 0 Å². The number of hydrogen-bond acceptors (Lipinski definition) is 6. The normalized spacial score (nSPS) is 14.5. The Morgan fingerprint density at radius 2 is 1.76 bits per heavy atom. The molecule has 0 aliphatic carbocycles. The van der Waals surface area contributed by atoms with Crippen molar-refractivity contribution in [2.24, 2.45) is 0 Å². The maximum atomic E-state index is 12.7. The van der Waals surface area contributed by atoms with E-state index in [-0.39, 0.29) is 16.8 Å². The van der Waals surface area contributed by atoms with Gasteiger partial charge in [0.1, 0.15) is 0 Å². The summed E-state index contributed by atoms with van der Waals surface area (Å²) in [4.78, 5) is 32.4. The van der Waals surface area contributed by atoms with E-state index < -0.39 is 24.6 Å². The average molecular weight is 386 g/mol. The molecule has 0 saturated carbocycles. The first kappa shape index (κ1) is 19.2. The molecule has 25 heavy (non-hydrogen) atoms. The number of hydrogen-bond donors (Lipinski definition) is 1. The highest BCUT2D eigenvalue weighted by Gasteiger charge is 2.32. The van der Waals surface area contributed by atoms with Crippen molar-refractivity contribution in [1.29, 1.82) is 0 Å². The van der Waals surface area contributed by atoms with Crippen molar-refractivity contribution in [3.8, 4) is 0 Å². The number of non-ortho nitro benzene ring substituents is 1. The van der Waals surface area contributed by atoms with Crippen LogP contribution in [0, 0.1) is 10.1 Å². The van der Waals surface area contributed by atoms with Crippen LogP contribution in [0.3, 0.4) is 0 Å². The summed E-state index contributed by atoms with van der Waals surface area (Å²) in [7, 11) is -3.53. The first-order valence-corrected chi connectivity index (χ1v) is 8.72. The van der Waals surface area contributed by atoms with Crippen LogP contribution in [-0.4, -0.2) is 22.7 Å². The second kappa shape index (κ2) is 7.86. The van der Waals surface area contributed by atoms with Crippen molar-refractivity contribution in [3.63, 3.8) is 0 Å². The maximum absolute atomic E-state index is 12.7. The molecule has 8 nitrogen and oxygen atoms in total. The number of carbonyl (C=O) groups excluding carboxylic acids is 1. The molecule has 2 atom stereocenters. The fraction of sp³-hybridized carbons (Fsp3) is 0.133. The lowest BCUT2D eigenvalue weighted by atomic mass is 10.00. The Kier molecular flexibility index (Phi) is 6.05. The van der Waals surface area contributed by atoms with Crippen LogP contribution < -0.4 is 0 Å². The van der Waals surface area contributed by atoms with E-state index in [2.05, 4.69) is 4.52 Å². The molecule has 0 amide bonds. The minimum Gasteiger partial charge on any atom is -0.302 e. The summed E-state index contributed by atoms with van der Waals surface area (Å²) < 4.78 is 21.1. The number of ketones is 1. The molecule has 2 rings (SSSR count). The molecule has 10 heteroatoms. The zero-order valence-corrected chi connectivity index (χ0v) is 14.5. The average Bonchev–Trinajstić information content (AvgIpc) is 2.60. The van der Waals surface area contributed by atoms with Crippen LogP contribution in [0.5, 0.6) is 0 Å². The van der Waals surface area contributed by atoms with Gasteiger partial charge in [-0.25, -0.2) is 4.57 Å². The number of Topliss-reactive ketones (excluding diaryl/α,β-unsaturated/α-hetero) is 1. The predicted octanol–water partition coefficient (Wildman–Crippen LogP) is 3.94. The van der Waals surface area contributed by atoms with Crippen LogP contribution in [0.15, 0.2) is 48.5 Å². The van der Waals surface area contributed by atoms with E-state index in [1.165, 1.54) is 36.4 Å². The van der Waals surface area contributed by atoms with Crippen molar-refractivity contribution in [2.75, 3.05) is 7.11 Å². The van der Waals surface area contributed by atoms with Crippen LogP contribution in [0.2, 0.25) is 5.02 Å². The molecule has 0 aliphatic rings. The monoisotopic (exact) mass is 385 g/mol. The van der Waals surface area contributed by atoms with E-state index in [0.29, 0.717) is 5.02 Å². The van der Waals surface area contributed by atoms with Gasteiger partial charge >= 0.3 is 7.82 Å². The molecule has 132 valence electrons. The number of phosphoric acid groups is 1. The Balaban J connectivity index is 2.41. The van der Waals surface area contributed by atoms with Crippen LogP contribution in [0.25, 0.3) is 0 Å². The lowest BCUT2D eigenvalue weighted by Crippen LogP contribution is -2.16. The lowest BCUT2D eigenvalue weighted by molar-refractivity contribution is -0.384. The van der Waals surface area contributed by atoms with Crippen LogP contribution in [-0.2, 0) is 13.6 Å². The highest BCUT2D eigenvalue weighted by Crippen LogP contribution is 2.47. The van der Waals surface area contributed by atoms with Crippen molar-refractivity contribution in [2.45, 2.75) is 6.10 Å². The third-order valence-corrected chi connectivity index (χ3v) is 4.43. The fourth-order valence-corrected chi connectivity index (χ4v) is 2.67. The number of rotatable bonds is 7. The van der Waals surface area contributed by atoms with Gasteiger partial charge in [-0.3, -0.25) is 24.0 Å². The number of carbonyl (C=O) groups is 1. The third-order valence-electron chi connectivity index (χ3n) is 3.24. The fourth-order valence-electron chi connectivity index (χ4n) is 1.97. The molecule has 2 unspecified atom stereocenters. The maximum Gasteiger partial charge on any atom is 0.472 e. The molecule has 0 bridgehead atoms. The van der Waals surface area contributed by atoms with E-state index in [0.717, 1.165) is 19.2 Å². The van der Waals surface area contributed by atoms with Gasteiger partial charge in [-0.15, -0.1) is 0 Å². The summed E-state index contributed by atoms with van der Waals surface area (Å²) in [5, 5.41) is 11.1. The number of nitrogens with zero attached hydrogens (tertiary/aromatic N) is 1. The van der Waals surface area contributed by atoms with Gasteiger partial charge in [-0.2, -0.15) is 0 Å². The van der Waals surface area contributed by atoms with Gasteiger partial charge in [-0.1, -0.05) is 11.6 Å². The Morgan fingerprint density at radius 1 is 1.20 bits per heavy atom. The number of nitro benzene ring substituents is 1. The quantitative estimate of drug-likeness (QED) is 0.332. The van der Waals surface area contributed by atoms with Gasteiger partial charge in [0, 0.05) is 29.8 Å². The van der Waals surface area contributed by atoms with Gasteiger partial charge < -0.3 is 4.89 Å². The van der Waals surface area contributed by atoms with E-state index in [9.17, 15) is 24.4 Å². The largest absolute Gasteiger partial charge is 0.472 e. The minimum atomic E-state index is -4.49. The predicted molar refractivity (Wildman–Crippen MR) is 89.5 cm³/mol. The number of benzene rings is 2. The van der Waals surface area contributed by atoms with E-state index >= 15 is 0 Å². The minimum absolute atomic E-state index is 0.164. The zero-order valence-electron chi connectivity index (χ0n) is 12.9. The molecule has 0 radical (unpaired) electrons. The summed E-state index contributed by atoms with van der Waals surface area (Å²) >= 11 is 5.78. The second-order valence-corrected chi connectivity index (χ2v) is 6.81. The molecule has 2 aromatic carbocycles. The summed E-state index contributed by atoms with van der Waals surface area (Å²) in [6, 6.07) is 10.7. The molecule has 0 aromatic heterocycles. The SMILES string of the molecule is COP(=O)(O)OC(C(=O)c1ccc(Cl)cc1)c1ccc([N+](=O)[O-])cc1. The molecule has 0 heterocycles. The first-order chi connectivity index (χ1) is 11.7. The van der Waals surface area contributed by atoms with Crippen LogP contribution in [0.1, 0.15) is 22.0 Å². The molecule has 0 saturated heterocycles. The Hall–Kier alpha value is -2.09. The standard InChI is InChI=1S/C15H13ClNO7P/c1-23-25(21,22)24-15(11-4-8-13(9-5-11)17(19)20)14(18)10-2-6-12(16)7-3-10/h2-9,15H,1H3,(H,21,22). The topological polar surface area (TPSA) is 116 Å². The molecule has 0 fully saturated rings. The molecule has 0 spiro atoms. The molecular formula is C15H13ClNO7P. The van der Waals surface area contributed by atoms with Crippen molar-refractivity contribution < 1.29 is 28.2 Å². The van der Waals surface area contributed by atoms with Gasteiger partial charge in [-0.05, 0) is 42.0 Å². The van der Waals surface area contributed by atoms with Crippen molar-refractivity contribution >= 4 is 30.9 Å². The Morgan fingerprint density at radius 3 is 2.24 bits per heavy atom. The highest BCUT2D eigenvalue weighted by molar-refractivity contribution is 7.47. The lowest BCUT2D eigenvalue weighted by Gasteiger charge is -2.19. The molecular weight excluding hydrogens is 373 g/mol. The highest BCUT2D eigenvalue weighted by atomic mass is 35.5. The molecule has 1 N–H and O–H groups in total. The summed E-state index contributed by atoms with van der Waals surface area (Å²) in [6.07, 6.45) is -1.49. The second-order valence-electron chi connectivity index (χ2n) is 4.86. The van der Waals surface area contributed by atoms with Crippen molar-refractivity contribution in [3.05, 3.63) is 74.8 Å². The van der Waals surface area contributed by atoms with Crippen LogP contribution in [0.4, 0.5) is 5.69 Å².